The topological polar surface area (TPSA) is 85.6 Å². The van der Waals surface area contributed by atoms with Crippen molar-refractivity contribution < 1.29 is 9.53 Å². The summed E-state index contributed by atoms with van der Waals surface area (Å²) in [7, 11) is 0. The highest BCUT2D eigenvalue weighted by Crippen LogP contribution is 2.38. The lowest BCUT2D eigenvalue weighted by atomic mass is 9.95. The number of carbonyl (C=O) groups excluding carboxylic acids is 1. The molecule has 2 unspecified atom stereocenters. The Bertz CT molecular complexity index is 713. The number of anilines is 1. The van der Waals surface area contributed by atoms with Crippen molar-refractivity contribution in [2.75, 3.05) is 37.7 Å². The van der Waals surface area contributed by atoms with Gasteiger partial charge in [0.2, 0.25) is 0 Å². The van der Waals surface area contributed by atoms with Gasteiger partial charge in [0, 0.05) is 56.7 Å². The van der Waals surface area contributed by atoms with Crippen LogP contribution in [-0.2, 0) is 4.74 Å². The van der Waals surface area contributed by atoms with Crippen molar-refractivity contribution in [2.24, 2.45) is 0 Å². The van der Waals surface area contributed by atoms with Gasteiger partial charge in [0.25, 0.3) is 0 Å². The molecule has 3 saturated heterocycles. The van der Waals surface area contributed by atoms with E-state index in [-0.39, 0.29) is 6.09 Å². The summed E-state index contributed by atoms with van der Waals surface area (Å²) in [4.78, 5) is 27.4. The zero-order valence-electron chi connectivity index (χ0n) is 15.8. The number of hydrogen-bond acceptors (Lipinski definition) is 7. The largest absolute Gasteiger partial charge is 0.450 e. The highest BCUT2D eigenvalue weighted by Gasteiger charge is 2.45. The third-order valence-electron chi connectivity index (χ3n) is 6.10. The number of aromatic nitrogens is 2. The number of hydrogen-bond donors (Lipinski definition) is 0. The van der Waals surface area contributed by atoms with E-state index in [1.807, 2.05) is 11.8 Å². The van der Waals surface area contributed by atoms with Gasteiger partial charge >= 0.3 is 6.09 Å². The van der Waals surface area contributed by atoms with Gasteiger partial charge < -0.3 is 14.5 Å². The Labute approximate surface area is 159 Å². The summed E-state index contributed by atoms with van der Waals surface area (Å²) in [6.07, 6.45) is 7.31. The Kier molecular flexibility index (Phi) is 5.12. The molecule has 4 heterocycles. The van der Waals surface area contributed by atoms with E-state index in [9.17, 15) is 10.1 Å². The summed E-state index contributed by atoms with van der Waals surface area (Å²) in [6, 6.07) is 3.29. The predicted octanol–water partition coefficient (Wildman–Crippen LogP) is 1.62. The van der Waals surface area contributed by atoms with Crippen LogP contribution < -0.4 is 4.90 Å². The quantitative estimate of drug-likeness (QED) is 0.799. The van der Waals surface area contributed by atoms with Crippen LogP contribution in [0.1, 0.15) is 38.3 Å². The van der Waals surface area contributed by atoms with Gasteiger partial charge in [0.05, 0.1) is 6.61 Å². The van der Waals surface area contributed by atoms with Crippen LogP contribution in [-0.4, -0.2) is 76.8 Å². The zero-order chi connectivity index (χ0) is 18.8. The van der Waals surface area contributed by atoms with Crippen LogP contribution in [0.5, 0.6) is 0 Å². The smallest absolute Gasteiger partial charge is 0.410 e. The van der Waals surface area contributed by atoms with Crippen molar-refractivity contribution in [3.8, 4) is 6.07 Å². The number of piperazine rings is 1. The fourth-order valence-corrected chi connectivity index (χ4v) is 4.88. The van der Waals surface area contributed by atoms with Crippen molar-refractivity contribution in [1.29, 1.82) is 5.26 Å². The second kappa shape index (κ2) is 7.69. The molecule has 0 N–H and O–H groups in total. The van der Waals surface area contributed by atoms with Crippen LogP contribution in [0.2, 0.25) is 0 Å². The van der Waals surface area contributed by atoms with Crippen LogP contribution in [0.4, 0.5) is 10.6 Å². The molecule has 8 nitrogen and oxygen atoms in total. The molecule has 3 aliphatic rings. The molecule has 0 aromatic carbocycles. The van der Waals surface area contributed by atoms with Crippen LogP contribution in [0.3, 0.4) is 0 Å². The summed E-state index contributed by atoms with van der Waals surface area (Å²) in [5.74, 6) is 0.692. The summed E-state index contributed by atoms with van der Waals surface area (Å²) in [5.41, 5.74) is 0.395. The molecular formula is C19H26N6O2. The molecule has 3 fully saturated rings. The fraction of sp³-hybridized carbons (Fsp3) is 0.684. The van der Waals surface area contributed by atoms with E-state index in [4.69, 9.17) is 4.74 Å². The SMILES string of the molecule is CCOC(=O)N1C2CCC1CC(N1CCN(c3nccnc3C#N)CC1)C2. The number of ether oxygens (including phenoxy) is 1. The first-order valence-corrected chi connectivity index (χ1v) is 9.86. The Morgan fingerprint density at radius 1 is 1.15 bits per heavy atom. The molecule has 0 aliphatic carbocycles. The monoisotopic (exact) mass is 370 g/mol. The lowest BCUT2D eigenvalue weighted by molar-refractivity contribution is 0.0396. The molecule has 1 aromatic rings. The van der Waals surface area contributed by atoms with Crippen molar-refractivity contribution in [2.45, 2.75) is 50.7 Å². The number of nitrogens with zero attached hydrogens (tertiary/aromatic N) is 6. The molecule has 0 spiro atoms. The summed E-state index contributed by atoms with van der Waals surface area (Å²) < 4.78 is 5.26. The van der Waals surface area contributed by atoms with E-state index < -0.39 is 0 Å². The second-order valence-corrected chi connectivity index (χ2v) is 7.48. The van der Waals surface area contributed by atoms with Gasteiger partial charge in [-0.15, -0.1) is 0 Å². The number of amides is 1. The van der Waals surface area contributed by atoms with Crippen molar-refractivity contribution in [1.82, 2.24) is 19.8 Å². The molecule has 8 heteroatoms. The van der Waals surface area contributed by atoms with Crippen LogP contribution in [0.15, 0.2) is 12.4 Å². The zero-order valence-corrected chi connectivity index (χ0v) is 15.8. The Balaban J connectivity index is 1.36. The van der Waals surface area contributed by atoms with Gasteiger partial charge in [0.1, 0.15) is 6.07 Å². The van der Waals surface area contributed by atoms with Gasteiger partial charge in [-0.2, -0.15) is 5.26 Å². The molecule has 27 heavy (non-hydrogen) atoms. The molecule has 1 aromatic heterocycles. The number of carbonyl (C=O) groups is 1. The molecule has 2 atom stereocenters. The Morgan fingerprint density at radius 2 is 1.81 bits per heavy atom. The average Bonchev–Trinajstić information content (AvgIpc) is 2.98. The molecular weight excluding hydrogens is 344 g/mol. The highest BCUT2D eigenvalue weighted by molar-refractivity contribution is 5.69. The molecule has 3 aliphatic heterocycles. The first-order chi connectivity index (χ1) is 13.2. The maximum atomic E-state index is 12.2. The second-order valence-electron chi connectivity index (χ2n) is 7.48. The minimum Gasteiger partial charge on any atom is -0.450 e. The summed E-state index contributed by atoms with van der Waals surface area (Å²) >= 11 is 0. The fourth-order valence-electron chi connectivity index (χ4n) is 4.88. The van der Waals surface area contributed by atoms with Gasteiger partial charge in [0.15, 0.2) is 11.5 Å². The van der Waals surface area contributed by atoms with E-state index in [2.05, 4.69) is 25.8 Å². The number of fused-ring (bicyclic) bond motifs is 2. The molecule has 144 valence electrons. The van der Waals surface area contributed by atoms with Crippen LogP contribution in [0, 0.1) is 11.3 Å². The minimum atomic E-state index is -0.139. The predicted molar refractivity (Wildman–Crippen MR) is 99.2 cm³/mol. The number of rotatable bonds is 3. The first-order valence-electron chi connectivity index (χ1n) is 9.86. The number of piperidine rings is 1. The molecule has 0 radical (unpaired) electrons. The lowest BCUT2D eigenvalue weighted by Crippen LogP contribution is -2.57. The van der Waals surface area contributed by atoms with Gasteiger partial charge in [-0.25, -0.2) is 14.8 Å². The van der Waals surface area contributed by atoms with E-state index in [0.717, 1.165) is 51.9 Å². The van der Waals surface area contributed by atoms with Crippen molar-refractivity contribution in [3.05, 3.63) is 18.1 Å². The third kappa shape index (κ3) is 3.44. The molecule has 4 rings (SSSR count). The molecule has 1 amide bonds. The van der Waals surface area contributed by atoms with Crippen LogP contribution >= 0.6 is 0 Å². The maximum absolute atomic E-state index is 12.2. The summed E-state index contributed by atoms with van der Waals surface area (Å²) in [5, 5.41) is 9.25. The number of nitriles is 1. The molecule has 0 saturated carbocycles. The summed E-state index contributed by atoms with van der Waals surface area (Å²) in [6.45, 7) is 5.89. The van der Waals surface area contributed by atoms with Crippen molar-refractivity contribution in [3.63, 3.8) is 0 Å². The van der Waals surface area contributed by atoms with Gasteiger partial charge in [-0.3, -0.25) is 4.90 Å². The van der Waals surface area contributed by atoms with E-state index in [1.165, 1.54) is 0 Å². The first kappa shape index (κ1) is 18.0. The van der Waals surface area contributed by atoms with E-state index >= 15 is 0 Å². The normalized spacial score (nSPS) is 28.1. The van der Waals surface area contributed by atoms with E-state index in [0.29, 0.717) is 36.2 Å². The Hall–Kier alpha value is -2.40. The van der Waals surface area contributed by atoms with Gasteiger partial charge in [-0.05, 0) is 32.6 Å². The minimum absolute atomic E-state index is 0.139. The highest BCUT2D eigenvalue weighted by atomic mass is 16.6. The lowest BCUT2D eigenvalue weighted by Gasteiger charge is -2.45. The molecule has 2 bridgehead atoms. The standard InChI is InChI=1S/C19H26N6O2/c1-2-27-19(26)25-14-3-4-15(25)12-16(11-14)23-7-9-24(10-8-23)18-17(13-20)21-5-6-22-18/h5-6,14-16H,2-4,7-12H2,1H3. The maximum Gasteiger partial charge on any atom is 0.410 e. The van der Waals surface area contributed by atoms with Gasteiger partial charge in [-0.1, -0.05) is 0 Å². The van der Waals surface area contributed by atoms with E-state index in [1.54, 1.807) is 12.4 Å². The third-order valence-corrected chi connectivity index (χ3v) is 6.10. The average molecular weight is 370 g/mol. The van der Waals surface area contributed by atoms with Crippen LogP contribution in [0.25, 0.3) is 0 Å². The van der Waals surface area contributed by atoms with Crippen molar-refractivity contribution >= 4 is 11.9 Å². The Morgan fingerprint density at radius 3 is 2.44 bits per heavy atom.